The van der Waals surface area contributed by atoms with E-state index in [2.05, 4.69) is 23.4 Å². The maximum Gasteiger partial charge on any atom is 0.201 e. The van der Waals surface area contributed by atoms with Gasteiger partial charge in [-0.3, -0.25) is 0 Å². The Labute approximate surface area is 125 Å². The van der Waals surface area contributed by atoms with Crippen molar-refractivity contribution in [1.29, 1.82) is 0 Å². The van der Waals surface area contributed by atoms with Crippen LogP contribution >= 0.6 is 0 Å². The van der Waals surface area contributed by atoms with Gasteiger partial charge in [0.15, 0.2) is 11.5 Å². The number of aromatic nitrogens is 2. The zero-order chi connectivity index (χ0) is 15.2. The molecule has 2 N–H and O–H groups in total. The zero-order valence-corrected chi connectivity index (χ0v) is 13.1. The van der Waals surface area contributed by atoms with E-state index in [4.69, 9.17) is 15.2 Å². The summed E-state index contributed by atoms with van der Waals surface area (Å²) in [6.07, 6.45) is 3.57. The molecule has 1 saturated carbocycles. The molecule has 1 aliphatic carbocycles. The van der Waals surface area contributed by atoms with Crippen molar-refractivity contribution in [2.24, 2.45) is 5.41 Å². The van der Waals surface area contributed by atoms with E-state index in [-0.39, 0.29) is 5.41 Å². The molecule has 0 amide bonds. The molecule has 1 aromatic carbocycles. The van der Waals surface area contributed by atoms with E-state index in [0.29, 0.717) is 23.5 Å². The average molecular weight is 289 g/mol. The maximum absolute atomic E-state index is 6.21. The summed E-state index contributed by atoms with van der Waals surface area (Å²) in [5, 5.41) is 0. The molecule has 0 aliphatic heterocycles. The topological polar surface area (TPSA) is 62.3 Å². The van der Waals surface area contributed by atoms with Gasteiger partial charge < -0.3 is 19.8 Å². The van der Waals surface area contributed by atoms with Crippen LogP contribution in [0.25, 0.3) is 11.0 Å². The molecule has 0 spiro atoms. The number of nitrogen functional groups attached to an aromatic ring is 1. The van der Waals surface area contributed by atoms with Gasteiger partial charge in [0.1, 0.15) is 0 Å². The number of ether oxygens (including phenoxy) is 2. The molecule has 1 aromatic heterocycles. The second kappa shape index (κ2) is 4.83. The molecule has 1 unspecified atom stereocenters. The summed E-state index contributed by atoms with van der Waals surface area (Å²) in [6, 6.07) is 4.25. The Bertz CT molecular complexity index is 676. The van der Waals surface area contributed by atoms with Crippen LogP contribution in [-0.4, -0.2) is 23.8 Å². The molecule has 1 heterocycles. The minimum Gasteiger partial charge on any atom is -0.493 e. The van der Waals surface area contributed by atoms with Crippen LogP contribution in [0.15, 0.2) is 12.1 Å². The molecule has 1 atom stereocenters. The Kier molecular flexibility index (Phi) is 3.23. The van der Waals surface area contributed by atoms with E-state index in [9.17, 15) is 0 Å². The van der Waals surface area contributed by atoms with E-state index in [1.807, 2.05) is 12.1 Å². The number of methoxy groups -OCH3 is 2. The zero-order valence-electron chi connectivity index (χ0n) is 13.1. The lowest BCUT2D eigenvalue weighted by atomic mass is 9.87. The number of anilines is 1. The van der Waals surface area contributed by atoms with Crippen molar-refractivity contribution in [2.45, 2.75) is 39.2 Å². The fourth-order valence-corrected chi connectivity index (χ4v) is 3.56. The molecule has 0 bridgehead atoms. The van der Waals surface area contributed by atoms with Gasteiger partial charge in [-0.1, -0.05) is 20.3 Å². The van der Waals surface area contributed by atoms with Crippen molar-refractivity contribution >= 4 is 17.0 Å². The summed E-state index contributed by atoms with van der Waals surface area (Å²) in [5.74, 6) is 1.96. The molecule has 0 radical (unpaired) electrons. The molecule has 114 valence electrons. The van der Waals surface area contributed by atoms with Crippen LogP contribution in [0, 0.1) is 5.41 Å². The Hall–Kier alpha value is -1.91. The lowest BCUT2D eigenvalue weighted by molar-refractivity contribution is 0.268. The summed E-state index contributed by atoms with van der Waals surface area (Å²) in [6.45, 7) is 4.60. The molecule has 5 nitrogen and oxygen atoms in total. The van der Waals surface area contributed by atoms with Crippen molar-refractivity contribution in [3.8, 4) is 11.5 Å². The van der Waals surface area contributed by atoms with E-state index in [0.717, 1.165) is 17.5 Å². The van der Waals surface area contributed by atoms with Crippen LogP contribution < -0.4 is 15.2 Å². The summed E-state index contributed by atoms with van der Waals surface area (Å²) in [4.78, 5) is 4.51. The molecule has 0 saturated heterocycles. The van der Waals surface area contributed by atoms with Gasteiger partial charge in [-0.05, 0) is 18.3 Å². The van der Waals surface area contributed by atoms with Crippen LogP contribution in [0.3, 0.4) is 0 Å². The molecule has 1 fully saturated rings. The monoisotopic (exact) mass is 289 g/mol. The highest BCUT2D eigenvalue weighted by molar-refractivity contribution is 5.82. The first-order valence-corrected chi connectivity index (χ1v) is 7.37. The highest BCUT2D eigenvalue weighted by atomic mass is 16.5. The second-order valence-electron chi connectivity index (χ2n) is 6.43. The number of nitrogens with zero attached hydrogens (tertiary/aromatic N) is 2. The first-order valence-electron chi connectivity index (χ1n) is 7.37. The fourth-order valence-electron chi connectivity index (χ4n) is 3.56. The van der Waals surface area contributed by atoms with Gasteiger partial charge in [-0.25, -0.2) is 4.98 Å². The number of fused-ring (bicyclic) bond motifs is 1. The number of hydrogen-bond donors (Lipinski definition) is 1. The lowest BCUT2D eigenvalue weighted by Gasteiger charge is -2.29. The minimum atomic E-state index is 0.231. The van der Waals surface area contributed by atoms with Gasteiger partial charge in [0.2, 0.25) is 5.95 Å². The highest BCUT2D eigenvalue weighted by Crippen LogP contribution is 2.48. The van der Waals surface area contributed by atoms with Gasteiger partial charge in [0.25, 0.3) is 0 Å². The van der Waals surface area contributed by atoms with Crippen LogP contribution in [0.4, 0.5) is 5.95 Å². The van der Waals surface area contributed by atoms with Crippen LogP contribution in [0.2, 0.25) is 0 Å². The van der Waals surface area contributed by atoms with Gasteiger partial charge in [-0.15, -0.1) is 0 Å². The quantitative estimate of drug-likeness (QED) is 0.940. The molecule has 21 heavy (non-hydrogen) atoms. The SMILES string of the molecule is COc1cc2nc(N)n(C3CCCC3(C)C)c2cc1OC. The third-order valence-electron chi connectivity index (χ3n) is 4.73. The van der Waals surface area contributed by atoms with Crippen molar-refractivity contribution in [2.75, 3.05) is 20.0 Å². The summed E-state index contributed by atoms with van der Waals surface area (Å²) < 4.78 is 12.9. The largest absolute Gasteiger partial charge is 0.493 e. The van der Waals surface area contributed by atoms with E-state index in [1.165, 1.54) is 12.8 Å². The Balaban J connectivity index is 2.21. The summed E-state index contributed by atoms with van der Waals surface area (Å²) >= 11 is 0. The normalized spacial score (nSPS) is 20.9. The molecule has 1 aliphatic rings. The van der Waals surface area contributed by atoms with Crippen molar-refractivity contribution in [3.05, 3.63) is 12.1 Å². The Morgan fingerprint density at radius 3 is 2.48 bits per heavy atom. The summed E-state index contributed by atoms with van der Waals surface area (Å²) in [5.41, 5.74) is 8.31. The third kappa shape index (κ3) is 2.11. The molecular weight excluding hydrogens is 266 g/mol. The standard InChI is InChI=1S/C16H23N3O2/c1-16(2)7-5-6-14(16)19-11-9-13(21-4)12(20-3)8-10(11)18-15(19)17/h8-9,14H,5-7H2,1-4H3,(H2,17,18). The molecule has 2 aromatic rings. The first kappa shape index (κ1) is 14.0. The van der Waals surface area contributed by atoms with E-state index < -0.39 is 0 Å². The minimum absolute atomic E-state index is 0.231. The van der Waals surface area contributed by atoms with E-state index in [1.54, 1.807) is 14.2 Å². The number of benzene rings is 1. The molecule has 3 rings (SSSR count). The molecule has 5 heteroatoms. The number of nitrogens with two attached hydrogens (primary N) is 1. The van der Waals surface area contributed by atoms with Crippen LogP contribution in [0.5, 0.6) is 11.5 Å². The Morgan fingerprint density at radius 1 is 1.24 bits per heavy atom. The first-order chi connectivity index (χ1) is 9.97. The van der Waals surface area contributed by atoms with Crippen molar-refractivity contribution in [1.82, 2.24) is 9.55 Å². The van der Waals surface area contributed by atoms with Gasteiger partial charge in [0.05, 0.1) is 25.3 Å². The van der Waals surface area contributed by atoms with Crippen LogP contribution in [-0.2, 0) is 0 Å². The fraction of sp³-hybridized carbons (Fsp3) is 0.562. The summed E-state index contributed by atoms with van der Waals surface area (Å²) in [7, 11) is 3.28. The van der Waals surface area contributed by atoms with E-state index >= 15 is 0 Å². The molecular formula is C16H23N3O2. The van der Waals surface area contributed by atoms with Gasteiger partial charge in [-0.2, -0.15) is 0 Å². The van der Waals surface area contributed by atoms with Crippen LogP contribution in [0.1, 0.15) is 39.2 Å². The average Bonchev–Trinajstić information content (AvgIpc) is 2.94. The Morgan fingerprint density at radius 2 is 1.90 bits per heavy atom. The lowest BCUT2D eigenvalue weighted by Crippen LogP contribution is -2.22. The smallest absolute Gasteiger partial charge is 0.201 e. The predicted octanol–water partition coefficient (Wildman–Crippen LogP) is 3.39. The van der Waals surface area contributed by atoms with Crippen molar-refractivity contribution < 1.29 is 9.47 Å². The van der Waals surface area contributed by atoms with Gasteiger partial charge >= 0.3 is 0 Å². The number of hydrogen-bond acceptors (Lipinski definition) is 4. The third-order valence-corrected chi connectivity index (χ3v) is 4.73. The van der Waals surface area contributed by atoms with Gasteiger partial charge in [0, 0.05) is 18.2 Å². The maximum atomic E-state index is 6.21. The predicted molar refractivity (Wildman–Crippen MR) is 83.9 cm³/mol. The number of imidazole rings is 1. The number of rotatable bonds is 3. The highest BCUT2D eigenvalue weighted by Gasteiger charge is 2.37. The van der Waals surface area contributed by atoms with Crippen molar-refractivity contribution in [3.63, 3.8) is 0 Å². The second-order valence-corrected chi connectivity index (χ2v) is 6.43.